The Morgan fingerprint density at radius 3 is 2.06 bits per heavy atom. The highest BCUT2D eigenvalue weighted by Gasteiger charge is 2.00. The maximum atomic E-state index is 10.7. The molecule has 0 aromatic heterocycles. The quantitative estimate of drug-likeness (QED) is 0.446. The lowest BCUT2D eigenvalue weighted by molar-refractivity contribution is -0.117. The first kappa shape index (κ1) is 15.7. The Kier molecular flexibility index (Phi) is 10.9. The van der Waals surface area contributed by atoms with E-state index in [1.807, 2.05) is 0 Å². The molecule has 0 rings (SSSR count). The zero-order valence-corrected chi connectivity index (χ0v) is 11.6. The van der Waals surface area contributed by atoms with Gasteiger partial charge in [-0.25, -0.2) is 0 Å². The van der Waals surface area contributed by atoms with E-state index in [0.717, 1.165) is 18.8 Å². The van der Waals surface area contributed by atoms with Crippen molar-refractivity contribution in [3.05, 3.63) is 0 Å². The molecule has 0 aliphatic rings. The highest BCUT2D eigenvalue weighted by Crippen LogP contribution is 2.15. The predicted octanol–water partition coefficient (Wildman–Crippen LogP) is 5.13. The Morgan fingerprint density at radius 2 is 1.50 bits per heavy atom. The highest BCUT2D eigenvalue weighted by molar-refractivity contribution is 5.75. The lowest BCUT2D eigenvalue weighted by atomic mass is 9.98. The van der Waals surface area contributed by atoms with Gasteiger partial charge in [0.05, 0.1) is 0 Å². The Morgan fingerprint density at radius 1 is 0.938 bits per heavy atom. The minimum absolute atomic E-state index is 0.341. The second kappa shape index (κ2) is 11.2. The smallest absolute Gasteiger partial charge is 0.129 e. The zero-order valence-electron chi connectivity index (χ0n) is 11.6. The Hall–Kier alpha value is -0.330. The normalized spacial score (nSPS) is 12.7. The largest absolute Gasteiger partial charge is 0.300 e. The summed E-state index contributed by atoms with van der Waals surface area (Å²) >= 11 is 0. The van der Waals surface area contributed by atoms with Crippen molar-refractivity contribution in [2.45, 2.75) is 85.0 Å². The van der Waals surface area contributed by atoms with E-state index in [-0.39, 0.29) is 0 Å². The van der Waals surface area contributed by atoms with Crippen LogP contribution in [-0.2, 0) is 4.79 Å². The average Bonchev–Trinajstić information content (AvgIpc) is 2.22. The molecule has 0 radical (unpaired) electrons. The van der Waals surface area contributed by atoms with E-state index in [9.17, 15) is 4.79 Å². The highest BCUT2D eigenvalue weighted by atomic mass is 16.1. The summed E-state index contributed by atoms with van der Waals surface area (Å²) in [5.41, 5.74) is 0. The molecule has 0 aliphatic heterocycles. The maximum Gasteiger partial charge on any atom is 0.129 e. The molecule has 1 atom stereocenters. The SMILES string of the molecule is CCCC(C)CCCCCCCCC(C)=O. The van der Waals surface area contributed by atoms with Crippen LogP contribution in [0.3, 0.4) is 0 Å². The van der Waals surface area contributed by atoms with Gasteiger partial charge in [0.1, 0.15) is 5.78 Å². The Labute approximate surface area is 102 Å². The number of carbonyl (C=O) groups is 1. The van der Waals surface area contributed by atoms with Gasteiger partial charge in [0.25, 0.3) is 0 Å². The molecule has 0 bridgehead atoms. The van der Waals surface area contributed by atoms with Crippen LogP contribution in [0.25, 0.3) is 0 Å². The van der Waals surface area contributed by atoms with Crippen molar-refractivity contribution in [3.63, 3.8) is 0 Å². The third-order valence-corrected chi connectivity index (χ3v) is 3.26. The fraction of sp³-hybridized carbons (Fsp3) is 0.933. The van der Waals surface area contributed by atoms with Gasteiger partial charge in [-0.1, -0.05) is 65.2 Å². The number of hydrogen-bond donors (Lipinski definition) is 0. The number of unbranched alkanes of at least 4 members (excludes halogenated alkanes) is 5. The molecule has 0 fully saturated rings. The van der Waals surface area contributed by atoms with E-state index in [0.29, 0.717) is 5.78 Å². The van der Waals surface area contributed by atoms with Crippen LogP contribution in [0.4, 0.5) is 0 Å². The van der Waals surface area contributed by atoms with Gasteiger partial charge >= 0.3 is 0 Å². The van der Waals surface area contributed by atoms with Crippen LogP contribution >= 0.6 is 0 Å². The topological polar surface area (TPSA) is 17.1 Å². The van der Waals surface area contributed by atoms with E-state index in [4.69, 9.17) is 0 Å². The lowest BCUT2D eigenvalue weighted by Gasteiger charge is -2.09. The van der Waals surface area contributed by atoms with Crippen molar-refractivity contribution in [2.75, 3.05) is 0 Å². The van der Waals surface area contributed by atoms with Gasteiger partial charge in [-0.3, -0.25) is 0 Å². The van der Waals surface area contributed by atoms with Crippen LogP contribution in [0.1, 0.15) is 85.0 Å². The summed E-state index contributed by atoms with van der Waals surface area (Å²) in [6.45, 7) is 6.33. The molecule has 0 N–H and O–H groups in total. The number of carbonyl (C=O) groups excluding carboxylic acids is 1. The van der Waals surface area contributed by atoms with E-state index >= 15 is 0 Å². The Balaban J connectivity index is 3.06. The van der Waals surface area contributed by atoms with Crippen molar-refractivity contribution in [1.29, 1.82) is 0 Å². The molecule has 0 saturated heterocycles. The summed E-state index contributed by atoms with van der Waals surface area (Å²) in [7, 11) is 0. The molecule has 1 nitrogen and oxygen atoms in total. The van der Waals surface area contributed by atoms with Crippen molar-refractivity contribution >= 4 is 5.78 Å². The lowest BCUT2D eigenvalue weighted by Crippen LogP contribution is -1.93. The average molecular weight is 226 g/mol. The molecule has 96 valence electrons. The summed E-state index contributed by atoms with van der Waals surface area (Å²) < 4.78 is 0. The van der Waals surface area contributed by atoms with Crippen molar-refractivity contribution < 1.29 is 4.79 Å². The molecular formula is C15H30O. The molecule has 0 aromatic rings. The molecule has 0 spiro atoms. The van der Waals surface area contributed by atoms with Gasteiger partial charge in [0.15, 0.2) is 0 Å². The van der Waals surface area contributed by atoms with E-state index in [1.165, 1.54) is 51.4 Å². The molecule has 0 amide bonds. The number of Topliss-reactive ketones (excluding diaryl/α,β-unsaturated/α-hetero) is 1. The molecule has 1 unspecified atom stereocenters. The summed E-state index contributed by atoms with van der Waals surface area (Å²) in [4.78, 5) is 10.7. The molecule has 1 heteroatoms. The van der Waals surface area contributed by atoms with Crippen molar-refractivity contribution in [2.24, 2.45) is 5.92 Å². The fourth-order valence-electron chi connectivity index (χ4n) is 2.21. The molecule has 0 aliphatic carbocycles. The van der Waals surface area contributed by atoms with Gasteiger partial charge in [0, 0.05) is 6.42 Å². The first-order chi connectivity index (χ1) is 7.66. The minimum atomic E-state index is 0.341. The number of ketones is 1. The van der Waals surface area contributed by atoms with Gasteiger partial charge < -0.3 is 4.79 Å². The molecule has 16 heavy (non-hydrogen) atoms. The van der Waals surface area contributed by atoms with Crippen LogP contribution in [0.5, 0.6) is 0 Å². The third-order valence-electron chi connectivity index (χ3n) is 3.26. The van der Waals surface area contributed by atoms with Crippen molar-refractivity contribution in [3.8, 4) is 0 Å². The summed E-state index contributed by atoms with van der Waals surface area (Å²) in [6, 6.07) is 0. The van der Waals surface area contributed by atoms with Gasteiger partial charge in [-0.2, -0.15) is 0 Å². The minimum Gasteiger partial charge on any atom is -0.300 e. The summed E-state index contributed by atoms with van der Waals surface area (Å²) in [6.07, 6.45) is 12.7. The number of hydrogen-bond acceptors (Lipinski definition) is 1. The number of rotatable bonds is 11. The van der Waals surface area contributed by atoms with Crippen LogP contribution in [-0.4, -0.2) is 5.78 Å². The van der Waals surface area contributed by atoms with Crippen LogP contribution in [0.2, 0.25) is 0 Å². The van der Waals surface area contributed by atoms with Gasteiger partial charge in [-0.05, 0) is 19.3 Å². The molecule has 0 heterocycles. The third kappa shape index (κ3) is 11.7. The Bertz CT molecular complexity index is 163. The van der Waals surface area contributed by atoms with Crippen LogP contribution in [0, 0.1) is 5.92 Å². The molecule has 0 aromatic carbocycles. The van der Waals surface area contributed by atoms with Crippen LogP contribution < -0.4 is 0 Å². The van der Waals surface area contributed by atoms with E-state index < -0.39 is 0 Å². The van der Waals surface area contributed by atoms with E-state index in [2.05, 4.69) is 13.8 Å². The molecule has 0 saturated carbocycles. The monoisotopic (exact) mass is 226 g/mol. The second-order valence-electron chi connectivity index (χ2n) is 5.26. The maximum absolute atomic E-state index is 10.7. The van der Waals surface area contributed by atoms with E-state index in [1.54, 1.807) is 6.92 Å². The molecular weight excluding hydrogens is 196 g/mol. The zero-order chi connectivity index (χ0) is 12.2. The standard InChI is InChI=1S/C15H30O/c1-4-11-14(2)12-9-7-5-6-8-10-13-15(3)16/h14H,4-13H2,1-3H3. The van der Waals surface area contributed by atoms with Crippen molar-refractivity contribution in [1.82, 2.24) is 0 Å². The summed E-state index contributed by atoms with van der Waals surface area (Å²) in [5.74, 6) is 1.26. The predicted molar refractivity (Wildman–Crippen MR) is 71.7 cm³/mol. The first-order valence-corrected chi connectivity index (χ1v) is 7.16. The van der Waals surface area contributed by atoms with Gasteiger partial charge in [-0.15, -0.1) is 0 Å². The fourth-order valence-corrected chi connectivity index (χ4v) is 2.21. The summed E-state index contributed by atoms with van der Waals surface area (Å²) in [5, 5.41) is 0. The van der Waals surface area contributed by atoms with Gasteiger partial charge in [0.2, 0.25) is 0 Å². The first-order valence-electron chi connectivity index (χ1n) is 7.16. The van der Waals surface area contributed by atoms with Crippen LogP contribution in [0.15, 0.2) is 0 Å². The second-order valence-corrected chi connectivity index (χ2v) is 5.26.